The van der Waals surface area contributed by atoms with Crippen LogP contribution in [0, 0.1) is 56.7 Å². The van der Waals surface area contributed by atoms with Gasteiger partial charge in [0.15, 0.2) is 0 Å². The molecular formula is C30H48O4. The van der Waals surface area contributed by atoms with Crippen LogP contribution >= 0.6 is 0 Å². The second-order valence-corrected chi connectivity index (χ2v) is 14.5. The molecule has 5 aliphatic rings. The van der Waals surface area contributed by atoms with Crippen LogP contribution in [0.25, 0.3) is 0 Å². The molecule has 4 unspecified atom stereocenters. The van der Waals surface area contributed by atoms with Crippen molar-refractivity contribution in [1.29, 1.82) is 0 Å². The Kier molecular flexibility index (Phi) is 5.51. The number of methoxy groups -OCH3 is 1. The Bertz CT molecular complexity index is 879. The monoisotopic (exact) mass is 472 g/mol. The minimum absolute atomic E-state index is 0.0187. The molecule has 5 saturated carbocycles. The molecule has 5 aliphatic carbocycles. The first kappa shape index (κ1) is 24.8. The largest absolute Gasteiger partial charge is 0.481 e. The van der Waals surface area contributed by atoms with Gasteiger partial charge in [-0.05, 0) is 116 Å². The van der Waals surface area contributed by atoms with Gasteiger partial charge in [0.05, 0.1) is 11.5 Å². The molecule has 4 nitrogen and oxygen atoms in total. The van der Waals surface area contributed by atoms with E-state index >= 15 is 0 Å². The third-order valence-corrected chi connectivity index (χ3v) is 13.6. The zero-order valence-electron chi connectivity index (χ0n) is 22.7. The molecule has 1 N–H and O–H groups in total. The summed E-state index contributed by atoms with van der Waals surface area (Å²) in [6, 6.07) is 0. The van der Waals surface area contributed by atoms with Gasteiger partial charge in [-0.2, -0.15) is 0 Å². The summed E-state index contributed by atoms with van der Waals surface area (Å²) in [4.78, 5) is 25.5. The van der Waals surface area contributed by atoms with Crippen LogP contribution in [-0.4, -0.2) is 30.1 Å². The number of hydrogen-bond acceptors (Lipinski definition) is 3. The molecule has 10 atom stereocenters. The normalized spacial score (nSPS) is 53.7. The second-order valence-electron chi connectivity index (χ2n) is 14.5. The molecule has 5 fully saturated rings. The Morgan fingerprint density at radius 3 is 2.12 bits per heavy atom. The fourth-order valence-corrected chi connectivity index (χ4v) is 11.8. The topological polar surface area (TPSA) is 63.6 Å². The van der Waals surface area contributed by atoms with Crippen molar-refractivity contribution in [3.05, 3.63) is 0 Å². The maximum absolute atomic E-state index is 12.8. The molecule has 34 heavy (non-hydrogen) atoms. The number of ether oxygens (including phenoxy) is 1. The first-order valence-electron chi connectivity index (χ1n) is 14.1. The number of carboxylic acids is 1. The van der Waals surface area contributed by atoms with E-state index in [9.17, 15) is 14.7 Å². The number of carboxylic acid groups (broad SMARTS) is 1. The molecule has 0 heterocycles. The number of ketones is 1. The van der Waals surface area contributed by atoms with E-state index in [-0.39, 0.29) is 33.9 Å². The number of hydrogen-bond donors (Lipinski definition) is 1. The zero-order valence-corrected chi connectivity index (χ0v) is 22.7. The summed E-state index contributed by atoms with van der Waals surface area (Å²) in [5, 5.41) is 10.4. The summed E-state index contributed by atoms with van der Waals surface area (Å²) in [6.45, 7) is 14.3. The van der Waals surface area contributed by atoms with Crippen molar-refractivity contribution >= 4 is 11.8 Å². The number of carbonyl (C=O) groups is 2. The van der Waals surface area contributed by atoms with Gasteiger partial charge in [-0.3, -0.25) is 9.59 Å². The third-order valence-electron chi connectivity index (χ3n) is 13.6. The van der Waals surface area contributed by atoms with Gasteiger partial charge in [0.1, 0.15) is 5.78 Å². The van der Waals surface area contributed by atoms with E-state index in [4.69, 9.17) is 4.74 Å². The molecule has 0 aromatic heterocycles. The predicted molar refractivity (Wildman–Crippen MR) is 133 cm³/mol. The summed E-state index contributed by atoms with van der Waals surface area (Å²) in [5.74, 6) is 1.21. The lowest BCUT2D eigenvalue weighted by atomic mass is 9.32. The molecule has 0 radical (unpaired) electrons. The molecule has 0 saturated heterocycles. The first-order valence-corrected chi connectivity index (χ1v) is 14.1. The Hall–Kier alpha value is -0.900. The van der Waals surface area contributed by atoms with Crippen molar-refractivity contribution in [3.63, 3.8) is 0 Å². The van der Waals surface area contributed by atoms with Crippen LogP contribution in [-0.2, 0) is 14.3 Å². The van der Waals surface area contributed by atoms with Crippen molar-refractivity contribution < 1.29 is 19.4 Å². The summed E-state index contributed by atoms with van der Waals surface area (Å²) in [5.41, 5.74) is 0.108. The predicted octanol–water partition coefficient (Wildman–Crippen LogP) is 6.76. The van der Waals surface area contributed by atoms with Gasteiger partial charge < -0.3 is 9.84 Å². The van der Waals surface area contributed by atoms with Crippen molar-refractivity contribution in [2.24, 2.45) is 56.7 Å². The number of rotatable bonds is 3. The SMILES string of the molecule is CO[C@H]1CC[C@@]2(C)C(CC[C@]3(C)C2CCC2C4[C@H](C(C)=O)CC[C@]4(C(=O)O)CC[C@]23C)C1(C)C. The van der Waals surface area contributed by atoms with Crippen LogP contribution in [0.2, 0.25) is 0 Å². The van der Waals surface area contributed by atoms with E-state index in [1.807, 2.05) is 7.11 Å². The third kappa shape index (κ3) is 2.81. The molecular weight excluding hydrogens is 424 g/mol. The van der Waals surface area contributed by atoms with Crippen molar-refractivity contribution in [1.82, 2.24) is 0 Å². The molecule has 0 aliphatic heterocycles. The minimum atomic E-state index is -0.677. The summed E-state index contributed by atoms with van der Waals surface area (Å²) in [7, 11) is 1.89. The van der Waals surface area contributed by atoms with Gasteiger partial charge in [-0.1, -0.05) is 34.6 Å². The van der Waals surface area contributed by atoms with E-state index in [1.54, 1.807) is 6.92 Å². The molecule has 0 aromatic rings. The average Bonchev–Trinajstić information content (AvgIpc) is 3.15. The Morgan fingerprint density at radius 1 is 0.794 bits per heavy atom. The fourth-order valence-electron chi connectivity index (χ4n) is 11.8. The maximum atomic E-state index is 12.8. The average molecular weight is 473 g/mol. The van der Waals surface area contributed by atoms with E-state index in [0.717, 1.165) is 32.1 Å². The highest BCUT2D eigenvalue weighted by Gasteiger charge is 2.72. The quantitative estimate of drug-likeness (QED) is 0.493. The fraction of sp³-hybridized carbons (Fsp3) is 0.933. The van der Waals surface area contributed by atoms with Crippen LogP contribution in [0.4, 0.5) is 0 Å². The van der Waals surface area contributed by atoms with E-state index in [1.165, 1.54) is 25.7 Å². The lowest BCUT2D eigenvalue weighted by molar-refractivity contribution is -0.250. The Morgan fingerprint density at radius 2 is 1.50 bits per heavy atom. The zero-order chi connectivity index (χ0) is 24.9. The van der Waals surface area contributed by atoms with Crippen molar-refractivity contribution in [3.8, 4) is 0 Å². The van der Waals surface area contributed by atoms with Gasteiger partial charge in [0.2, 0.25) is 0 Å². The Labute approximate surface area is 207 Å². The highest BCUT2D eigenvalue weighted by molar-refractivity contribution is 5.83. The number of fused-ring (bicyclic) bond motifs is 7. The highest BCUT2D eigenvalue weighted by Crippen LogP contribution is 2.77. The Balaban J connectivity index is 1.55. The van der Waals surface area contributed by atoms with Gasteiger partial charge in [-0.25, -0.2) is 0 Å². The second kappa shape index (κ2) is 7.56. The van der Waals surface area contributed by atoms with Crippen molar-refractivity contribution in [2.45, 2.75) is 112 Å². The molecule has 192 valence electrons. The summed E-state index contributed by atoms with van der Waals surface area (Å²) in [6.07, 6.45) is 10.7. The minimum Gasteiger partial charge on any atom is -0.481 e. The molecule has 0 aromatic carbocycles. The van der Waals surface area contributed by atoms with Crippen LogP contribution in [0.5, 0.6) is 0 Å². The maximum Gasteiger partial charge on any atom is 0.309 e. The van der Waals surface area contributed by atoms with E-state index in [0.29, 0.717) is 35.7 Å². The van der Waals surface area contributed by atoms with E-state index in [2.05, 4.69) is 34.6 Å². The van der Waals surface area contributed by atoms with Gasteiger partial charge in [0, 0.05) is 13.0 Å². The lowest BCUT2D eigenvalue weighted by Crippen LogP contribution is -2.67. The molecule has 5 rings (SSSR count). The van der Waals surface area contributed by atoms with Crippen LogP contribution in [0.1, 0.15) is 106 Å². The smallest absolute Gasteiger partial charge is 0.309 e. The summed E-state index contributed by atoms with van der Waals surface area (Å²) >= 11 is 0. The molecule has 4 heteroatoms. The van der Waals surface area contributed by atoms with Crippen LogP contribution in [0.15, 0.2) is 0 Å². The standard InChI is InChI=1S/C30H48O4/c1-18(31)19-10-15-30(25(32)33)17-16-28(5)20(24(19)30)8-9-22-27(4)13-12-23(34-7)26(2,3)21(27)11-14-29(22,28)6/h19-24H,8-17H2,1-7H3,(H,32,33)/t19-,20?,21?,22?,23-,24?,27-,28+,29+,30-/m0/s1. The van der Waals surface area contributed by atoms with Gasteiger partial charge in [-0.15, -0.1) is 0 Å². The highest BCUT2D eigenvalue weighted by atomic mass is 16.5. The molecule has 0 spiro atoms. The number of Topliss-reactive ketones (excluding diaryl/α,β-unsaturated/α-hetero) is 1. The van der Waals surface area contributed by atoms with Crippen LogP contribution < -0.4 is 0 Å². The lowest BCUT2D eigenvalue weighted by Gasteiger charge is -2.72. The van der Waals surface area contributed by atoms with Gasteiger partial charge >= 0.3 is 5.97 Å². The molecule has 0 amide bonds. The van der Waals surface area contributed by atoms with Crippen LogP contribution in [0.3, 0.4) is 0 Å². The first-order chi connectivity index (χ1) is 15.8. The van der Waals surface area contributed by atoms with Gasteiger partial charge in [0.25, 0.3) is 0 Å². The number of carbonyl (C=O) groups excluding carboxylic acids is 1. The van der Waals surface area contributed by atoms with Crippen molar-refractivity contribution in [2.75, 3.05) is 7.11 Å². The van der Waals surface area contributed by atoms with E-state index < -0.39 is 11.4 Å². The molecule has 0 bridgehead atoms. The summed E-state index contributed by atoms with van der Waals surface area (Å²) < 4.78 is 5.99. The number of aliphatic carboxylic acids is 1.